The van der Waals surface area contributed by atoms with Gasteiger partial charge in [-0.05, 0) is 51.2 Å². The maximum atomic E-state index is 9.80. The van der Waals surface area contributed by atoms with Crippen molar-refractivity contribution in [1.82, 2.24) is 10.7 Å². The number of nitrogens with zero attached hydrogens (tertiary/aromatic N) is 1. The molecule has 0 heterocycles. The molecular formula is C13H19N3O2S. The Morgan fingerprint density at radius 1 is 1.42 bits per heavy atom. The van der Waals surface area contributed by atoms with E-state index in [0.29, 0.717) is 22.1 Å². The Bertz CT molecular complexity index is 487. The van der Waals surface area contributed by atoms with Crippen molar-refractivity contribution in [2.45, 2.75) is 26.8 Å². The molecule has 0 saturated carbocycles. The number of thiocarbonyl (C=S) groups is 1. The lowest BCUT2D eigenvalue weighted by molar-refractivity contribution is 0.412. The zero-order valence-corrected chi connectivity index (χ0v) is 12.3. The Balaban J connectivity index is 2.81. The summed E-state index contributed by atoms with van der Waals surface area (Å²) in [5, 5.41) is 17.4. The lowest BCUT2D eigenvalue weighted by Crippen LogP contribution is -2.37. The molecule has 0 amide bonds. The first kappa shape index (κ1) is 15.2. The van der Waals surface area contributed by atoms with Gasteiger partial charge in [0.2, 0.25) is 0 Å². The number of ether oxygens (including phenoxy) is 1. The molecule has 1 rings (SSSR count). The molecule has 104 valence electrons. The number of hydrogen-bond acceptors (Lipinski definition) is 4. The fraction of sp³-hybridized carbons (Fsp3) is 0.385. The van der Waals surface area contributed by atoms with Crippen molar-refractivity contribution in [3.8, 4) is 11.5 Å². The number of hydrogen-bond donors (Lipinski definition) is 3. The normalized spacial score (nSPS) is 11.3. The van der Waals surface area contributed by atoms with Crippen molar-refractivity contribution >= 4 is 23.0 Å². The zero-order valence-electron chi connectivity index (χ0n) is 11.5. The van der Waals surface area contributed by atoms with Gasteiger partial charge in [0.05, 0.1) is 12.8 Å². The third kappa shape index (κ3) is 4.75. The van der Waals surface area contributed by atoms with Crippen LogP contribution in [0.5, 0.6) is 11.5 Å². The molecule has 0 bridgehead atoms. The van der Waals surface area contributed by atoms with Gasteiger partial charge in [-0.25, -0.2) is 0 Å². The third-order valence-electron chi connectivity index (χ3n) is 2.34. The predicted molar refractivity (Wildman–Crippen MR) is 80.9 cm³/mol. The summed E-state index contributed by atoms with van der Waals surface area (Å²) < 4.78 is 5.11. The molecule has 0 aliphatic carbocycles. The number of aromatic hydroxyl groups is 1. The van der Waals surface area contributed by atoms with E-state index in [9.17, 15) is 5.11 Å². The van der Waals surface area contributed by atoms with Gasteiger partial charge < -0.3 is 15.2 Å². The molecule has 0 radical (unpaired) electrons. The Morgan fingerprint density at radius 2 is 2.11 bits per heavy atom. The summed E-state index contributed by atoms with van der Waals surface area (Å²) in [5.74, 6) is 0.803. The molecule has 0 aromatic heterocycles. The molecule has 19 heavy (non-hydrogen) atoms. The molecule has 1 aromatic carbocycles. The van der Waals surface area contributed by atoms with E-state index in [1.165, 1.54) is 0 Å². The quantitative estimate of drug-likeness (QED) is 0.447. The van der Waals surface area contributed by atoms with Gasteiger partial charge in [-0.15, -0.1) is 0 Å². The van der Waals surface area contributed by atoms with Crippen LogP contribution >= 0.6 is 12.2 Å². The van der Waals surface area contributed by atoms with Gasteiger partial charge in [0, 0.05) is 11.6 Å². The Labute approximate surface area is 118 Å². The van der Waals surface area contributed by atoms with Crippen molar-refractivity contribution in [2.24, 2.45) is 5.10 Å². The Kier molecular flexibility index (Phi) is 5.57. The summed E-state index contributed by atoms with van der Waals surface area (Å²) >= 11 is 5.06. The molecule has 0 fully saturated rings. The van der Waals surface area contributed by atoms with Crippen molar-refractivity contribution in [2.75, 3.05) is 7.11 Å². The van der Waals surface area contributed by atoms with Crippen LogP contribution in [0.15, 0.2) is 23.3 Å². The molecule has 3 N–H and O–H groups in total. The lowest BCUT2D eigenvalue weighted by atomic mass is 10.1. The maximum absolute atomic E-state index is 9.80. The fourth-order valence-electron chi connectivity index (χ4n) is 1.42. The van der Waals surface area contributed by atoms with Crippen LogP contribution in [0.25, 0.3) is 0 Å². The average Bonchev–Trinajstić information content (AvgIpc) is 2.35. The summed E-state index contributed by atoms with van der Waals surface area (Å²) in [6.45, 7) is 5.75. The lowest BCUT2D eigenvalue weighted by Gasteiger charge is -2.11. The van der Waals surface area contributed by atoms with Crippen molar-refractivity contribution < 1.29 is 9.84 Å². The molecule has 0 aliphatic rings. The number of rotatable bonds is 4. The Hall–Kier alpha value is -1.82. The van der Waals surface area contributed by atoms with Crippen LogP contribution in [-0.4, -0.2) is 29.1 Å². The number of nitrogens with one attached hydrogen (secondary N) is 2. The largest absolute Gasteiger partial charge is 0.507 e. The second kappa shape index (κ2) is 6.94. The molecule has 6 heteroatoms. The first-order valence-corrected chi connectivity index (χ1v) is 6.33. The average molecular weight is 281 g/mol. The number of benzene rings is 1. The summed E-state index contributed by atoms with van der Waals surface area (Å²) in [6, 6.07) is 5.21. The molecule has 0 saturated heterocycles. The standard InChI is InChI=1S/C13H19N3O2S/c1-8(2)14-13(19)16-15-9(3)11-7-10(18-4)5-6-12(11)17/h5-8,17H,1-4H3,(H2,14,16,19)/b15-9+. The van der Waals surface area contributed by atoms with Crippen LogP contribution in [0.4, 0.5) is 0 Å². The Morgan fingerprint density at radius 3 is 2.68 bits per heavy atom. The minimum atomic E-state index is 0.145. The van der Waals surface area contributed by atoms with Crippen LogP contribution in [-0.2, 0) is 0 Å². The molecule has 0 unspecified atom stereocenters. The van der Waals surface area contributed by atoms with E-state index in [2.05, 4.69) is 15.8 Å². The van der Waals surface area contributed by atoms with Gasteiger partial charge in [0.15, 0.2) is 5.11 Å². The number of phenolic OH excluding ortho intramolecular Hbond substituents is 1. The monoisotopic (exact) mass is 281 g/mol. The summed E-state index contributed by atoms with van der Waals surface area (Å²) in [4.78, 5) is 0. The number of phenols is 1. The van der Waals surface area contributed by atoms with E-state index in [1.54, 1.807) is 32.2 Å². The maximum Gasteiger partial charge on any atom is 0.187 e. The highest BCUT2D eigenvalue weighted by Gasteiger charge is 2.07. The fourth-order valence-corrected chi connectivity index (χ4v) is 1.70. The highest BCUT2D eigenvalue weighted by atomic mass is 32.1. The minimum Gasteiger partial charge on any atom is -0.507 e. The van der Waals surface area contributed by atoms with Gasteiger partial charge >= 0.3 is 0 Å². The second-order valence-corrected chi connectivity index (χ2v) is 4.73. The number of hydrazone groups is 1. The smallest absolute Gasteiger partial charge is 0.187 e. The highest BCUT2D eigenvalue weighted by molar-refractivity contribution is 7.80. The van der Waals surface area contributed by atoms with Crippen LogP contribution in [0.3, 0.4) is 0 Å². The molecule has 5 nitrogen and oxygen atoms in total. The summed E-state index contributed by atoms with van der Waals surface area (Å²) in [7, 11) is 1.57. The molecule has 0 atom stereocenters. The van der Waals surface area contributed by atoms with Crippen LogP contribution in [0, 0.1) is 0 Å². The highest BCUT2D eigenvalue weighted by Crippen LogP contribution is 2.23. The van der Waals surface area contributed by atoms with Crippen molar-refractivity contribution in [3.63, 3.8) is 0 Å². The summed E-state index contributed by atoms with van der Waals surface area (Å²) in [5.41, 5.74) is 3.94. The minimum absolute atomic E-state index is 0.145. The van der Waals surface area contributed by atoms with Crippen molar-refractivity contribution in [1.29, 1.82) is 0 Å². The van der Waals surface area contributed by atoms with Crippen LogP contribution in [0.2, 0.25) is 0 Å². The molecule has 0 aliphatic heterocycles. The van der Waals surface area contributed by atoms with Gasteiger partial charge in [0.1, 0.15) is 11.5 Å². The van der Waals surface area contributed by atoms with E-state index < -0.39 is 0 Å². The van der Waals surface area contributed by atoms with Crippen molar-refractivity contribution in [3.05, 3.63) is 23.8 Å². The number of methoxy groups -OCH3 is 1. The van der Waals surface area contributed by atoms with E-state index in [-0.39, 0.29) is 11.8 Å². The third-order valence-corrected chi connectivity index (χ3v) is 2.55. The predicted octanol–water partition coefficient (Wildman–Crippen LogP) is 2.00. The van der Waals surface area contributed by atoms with Gasteiger partial charge in [0.25, 0.3) is 0 Å². The van der Waals surface area contributed by atoms with Crippen LogP contribution < -0.4 is 15.5 Å². The molecule has 1 aromatic rings. The summed E-state index contributed by atoms with van der Waals surface area (Å²) in [6.07, 6.45) is 0. The SMILES string of the molecule is COc1ccc(O)c(/C(C)=N/NC(=S)NC(C)C)c1. The van der Waals surface area contributed by atoms with E-state index in [0.717, 1.165) is 0 Å². The first-order chi connectivity index (χ1) is 8.93. The van der Waals surface area contributed by atoms with E-state index in [4.69, 9.17) is 17.0 Å². The van der Waals surface area contributed by atoms with E-state index >= 15 is 0 Å². The first-order valence-electron chi connectivity index (χ1n) is 5.92. The topological polar surface area (TPSA) is 65.9 Å². The zero-order chi connectivity index (χ0) is 14.4. The van der Waals surface area contributed by atoms with Gasteiger partial charge in [-0.1, -0.05) is 0 Å². The van der Waals surface area contributed by atoms with Crippen LogP contribution in [0.1, 0.15) is 26.3 Å². The van der Waals surface area contributed by atoms with Gasteiger partial charge in [-0.2, -0.15) is 5.10 Å². The van der Waals surface area contributed by atoms with E-state index in [1.807, 2.05) is 13.8 Å². The molecule has 0 spiro atoms. The second-order valence-electron chi connectivity index (χ2n) is 4.32. The molecular weight excluding hydrogens is 262 g/mol. The van der Waals surface area contributed by atoms with Gasteiger partial charge in [-0.3, -0.25) is 5.43 Å².